The van der Waals surface area contributed by atoms with Crippen LogP contribution in [0.1, 0.15) is 49.4 Å². The van der Waals surface area contributed by atoms with Crippen molar-refractivity contribution in [3.63, 3.8) is 0 Å². The van der Waals surface area contributed by atoms with Gasteiger partial charge < -0.3 is 10.1 Å². The summed E-state index contributed by atoms with van der Waals surface area (Å²) in [4.78, 5) is 30.9. The molecule has 200 valence electrons. The molecule has 0 aliphatic heterocycles. The van der Waals surface area contributed by atoms with Crippen LogP contribution < -0.4 is 15.6 Å². The first kappa shape index (κ1) is 27.4. The number of benzene rings is 3. The highest BCUT2D eigenvalue weighted by Crippen LogP contribution is 2.32. The van der Waals surface area contributed by atoms with Gasteiger partial charge in [0.1, 0.15) is 11.6 Å². The van der Waals surface area contributed by atoms with Crippen LogP contribution in [0.3, 0.4) is 0 Å². The molecule has 1 aromatic heterocycles. The van der Waals surface area contributed by atoms with E-state index in [1.807, 2.05) is 12.1 Å². The standard InChI is InChI=1S/C29H25BrCl2N4O3/c30-20-6-12-25-24(15-20)29(38)36(28(35-25)18-4-2-1-3-5-18)33-16-19-14-22(32)9-13-26(19)39-17-27(37)34-23-10-7-21(31)8-11-23/h6-16,18H,1-5,17H2,(H,34,37). The van der Waals surface area contributed by atoms with Gasteiger partial charge in [-0.3, -0.25) is 9.59 Å². The van der Waals surface area contributed by atoms with Crippen LogP contribution in [0.2, 0.25) is 10.0 Å². The van der Waals surface area contributed by atoms with E-state index >= 15 is 0 Å². The molecule has 0 bridgehead atoms. The van der Waals surface area contributed by atoms with Crippen LogP contribution in [-0.2, 0) is 4.79 Å². The number of nitrogens with one attached hydrogen (secondary N) is 1. The normalized spacial score (nSPS) is 14.1. The molecule has 39 heavy (non-hydrogen) atoms. The van der Waals surface area contributed by atoms with Crippen LogP contribution in [0.5, 0.6) is 5.75 Å². The first-order chi connectivity index (χ1) is 18.9. The first-order valence-electron chi connectivity index (χ1n) is 12.6. The van der Waals surface area contributed by atoms with Gasteiger partial charge in [-0.05, 0) is 73.5 Å². The van der Waals surface area contributed by atoms with Crippen molar-refractivity contribution >= 4 is 67.8 Å². The fourth-order valence-corrected chi connectivity index (χ4v) is 5.32. The van der Waals surface area contributed by atoms with E-state index < -0.39 is 0 Å². The van der Waals surface area contributed by atoms with Gasteiger partial charge in [-0.25, -0.2) is 4.98 Å². The lowest BCUT2D eigenvalue weighted by Crippen LogP contribution is -2.25. The minimum Gasteiger partial charge on any atom is -0.483 e. The van der Waals surface area contributed by atoms with E-state index in [2.05, 4.69) is 26.3 Å². The predicted octanol–water partition coefficient (Wildman–Crippen LogP) is 7.41. The molecule has 0 unspecified atom stereocenters. The third-order valence-corrected chi connectivity index (χ3v) is 7.55. The molecular formula is C29H25BrCl2N4O3. The second-order valence-corrected chi connectivity index (χ2v) is 11.1. The maximum atomic E-state index is 13.6. The van der Waals surface area contributed by atoms with Crippen LogP contribution in [0.15, 0.2) is 75.0 Å². The van der Waals surface area contributed by atoms with Gasteiger partial charge in [0.2, 0.25) is 0 Å². The molecule has 0 saturated heterocycles. The van der Waals surface area contributed by atoms with Crippen molar-refractivity contribution in [3.05, 3.63) is 96.9 Å². The lowest BCUT2D eigenvalue weighted by molar-refractivity contribution is -0.118. The fourth-order valence-electron chi connectivity index (χ4n) is 4.65. The smallest absolute Gasteiger partial charge is 0.282 e. The van der Waals surface area contributed by atoms with Crippen LogP contribution in [0, 0.1) is 0 Å². The molecule has 1 N–H and O–H groups in total. The Morgan fingerprint density at radius 3 is 2.56 bits per heavy atom. The Balaban J connectivity index is 1.44. The quantitative estimate of drug-likeness (QED) is 0.216. The van der Waals surface area contributed by atoms with Crippen molar-refractivity contribution in [2.75, 3.05) is 11.9 Å². The third kappa shape index (κ3) is 6.69. The molecule has 1 aliphatic carbocycles. The Morgan fingerprint density at radius 1 is 1.05 bits per heavy atom. The summed E-state index contributed by atoms with van der Waals surface area (Å²) in [5, 5.41) is 8.87. The maximum Gasteiger partial charge on any atom is 0.282 e. The van der Waals surface area contributed by atoms with E-state index in [1.165, 1.54) is 17.3 Å². The fraction of sp³-hybridized carbons (Fsp3) is 0.241. The van der Waals surface area contributed by atoms with Crippen LogP contribution in [0.4, 0.5) is 5.69 Å². The number of carbonyl (C=O) groups excluding carboxylic acids is 1. The molecule has 0 spiro atoms. The summed E-state index contributed by atoms with van der Waals surface area (Å²) in [7, 11) is 0. The minimum atomic E-state index is -0.338. The molecule has 3 aromatic carbocycles. The van der Waals surface area contributed by atoms with Gasteiger partial charge in [-0.1, -0.05) is 58.4 Å². The largest absolute Gasteiger partial charge is 0.483 e. The Hall–Kier alpha value is -3.20. The predicted molar refractivity (Wildman–Crippen MR) is 160 cm³/mol. The number of hydrogen-bond acceptors (Lipinski definition) is 5. The monoisotopic (exact) mass is 626 g/mol. The highest BCUT2D eigenvalue weighted by molar-refractivity contribution is 9.10. The van der Waals surface area contributed by atoms with Crippen LogP contribution in [0.25, 0.3) is 10.9 Å². The van der Waals surface area contributed by atoms with Crippen molar-refractivity contribution in [2.24, 2.45) is 5.10 Å². The molecule has 1 saturated carbocycles. The van der Waals surface area contributed by atoms with E-state index in [-0.39, 0.29) is 24.0 Å². The number of carbonyl (C=O) groups is 1. The summed E-state index contributed by atoms with van der Waals surface area (Å²) in [6.45, 7) is -0.232. The van der Waals surface area contributed by atoms with E-state index in [9.17, 15) is 9.59 Å². The van der Waals surface area contributed by atoms with Crippen LogP contribution in [-0.4, -0.2) is 28.4 Å². The molecule has 1 amide bonds. The van der Waals surface area contributed by atoms with E-state index in [1.54, 1.807) is 48.5 Å². The Morgan fingerprint density at radius 2 is 1.79 bits per heavy atom. The lowest BCUT2D eigenvalue weighted by Gasteiger charge is -2.22. The van der Waals surface area contributed by atoms with E-state index in [4.69, 9.17) is 32.9 Å². The SMILES string of the molecule is O=C(COc1ccc(Cl)cc1C=Nn1c(C2CCCCC2)nc2ccc(Br)cc2c1=O)Nc1ccc(Cl)cc1. The summed E-state index contributed by atoms with van der Waals surface area (Å²) in [6.07, 6.45) is 6.80. The zero-order chi connectivity index (χ0) is 27.4. The Labute approximate surface area is 243 Å². The summed E-state index contributed by atoms with van der Waals surface area (Å²) >= 11 is 15.6. The average Bonchev–Trinajstić information content (AvgIpc) is 2.94. The number of nitrogens with zero attached hydrogens (tertiary/aromatic N) is 3. The number of fused-ring (bicyclic) bond motifs is 1. The summed E-state index contributed by atoms with van der Waals surface area (Å²) < 4.78 is 7.98. The van der Waals surface area contributed by atoms with Gasteiger partial charge in [-0.2, -0.15) is 9.78 Å². The third-order valence-electron chi connectivity index (χ3n) is 6.57. The molecule has 7 nitrogen and oxygen atoms in total. The highest BCUT2D eigenvalue weighted by Gasteiger charge is 2.22. The zero-order valence-corrected chi connectivity index (χ0v) is 24.0. The number of aromatic nitrogens is 2. The van der Waals surface area contributed by atoms with Gasteiger partial charge in [-0.15, -0.1) is 0 Å². The van der Waals surface area contributed by atoms with Gasteiger partial charge in [0.15, 0.2) is 6.61 Å². The molecule has 4 aromatic rings. The zero-order valence-electron chi connectivity index (χ0n) is 20.9. The molecule has 0 radical (unpaired) electrons. The van der Waals surface area contributed by atoms with E-state index in [0.717, 1.165) is 30.2 Å². The Kier molecular flexibility index (Phi) is 8.65. The molecule has 5 rings (SSSR count). The molecule has 1 aliphatic rings. The molecule has 1 fully saturated rings. The number of ether oxygens (including phenoxy) is 1. The Bertz CT molecular complexity index is 1600. The summed E-state index contributed by atoms with van der Waals surface area (Å²) in [5.41, 5.74) is 1.53. The van der Waals surface area contributed by atoms with Crippen molar-refractivity contribution < 1.29 is 9.53 Å². The van der Waals surface area contributed by atoms with Gasteiger partial charge in [0, 0.05) is 31.7 Å². The van der Waals surface area contributed by atoms with Crippen molar-refractivity contribution in [1.82, 2.24) is 9.66 Å². The molecular weight excluding hydrogens is 603 g/mol. The number of hydrogen-bond donors (Lipinski definition) is 1. The topological polar surface area (TPSA) is 85.6 Å². The maximum absolute atomic E-state index is 13.6. The van der Waals surface area contributed by atoms with Crippen molar-refractivity contribution in [2.45, 2.75) is 38.0 Å². The average molecular weight is 628 g/mol. The molecule has 0 atom stereocenters. The number of halogens is 3. The first-order valence-corrected chi connectivity index (χ1v) is 14.2. The van der Waals surface area contributed by atoms with Gasteiger partial charge in [0.05, 0.1) is 17.1 Å². The van der Waals surface area contributed by atoms with E-state index in [0.29, 0.717) is 43.8 Å². The van der Waals surface area contributed by atoms with Crippen LogP contribution >= 0.6 is 39.1 Å². The molecule has 1 heterocycles. The highest BCUT2D eigenvalue weighted by atomic mass is 79.9. The summed E-state index contributed by atoms with van der Waals surface area (Å²) in [5.74, 6) is 0.856. The number of amides is 1. The number of anilines is 1. The van der Waals surface area contributed by atoms with Gasteiger partial charge in [0.25, 0.3) is 11.5 Å². The lowest BCUT2D eigenvalue weighted by atomic mass is 9.88. The van der Waals surface area contributed by atoms with Crippen molar-refractivity contribution in [1.29, 1.82) is 0 Å². The van der Waals surface area contributed by atoms with Gasteiger partial charge >= 0.3 is 0 Å². The molecule has 10 heteroatoms. The number of rotatable bonds is 7. The minimum absolute atomic E-state index is 0.142. The second-order valence-electron chi connectivity index (χ2n) is 9.35. The second kappa shape index (κ2) is 12.3. The van der Waals surface area contributed by atoms with Crippen molar-refractivity contribution in [3.8, 4) is 5.75 Å². The summed E-state index contributed by atoms with van der Waals surface area (Å²) in [6, 6.07) is 17.3.